The Balaban J connectivity index is 2.67. The van der Waals surface area contributed by atoms with Crippen LogP contribution in [0.5, 0.6) is 0 Å². The Morgan fingerprint density at radius 2 is 1.95 bits per heavy atom. The number of hydrogen-bond acceptors (Lipinski definition) is 4. The topological polar surface area (TPSA) is 64.6 Å². The molecule has 0 aliphatic carbocycles. The largest absolute Gasteiger partial charge is 0.467 e. The molecule has 0 bridgehead atoms. The van der Waals surface area contributed by atoms with E-state index in [1.54, 1.807) is 6.92 Å². The lowest BCUT2D eigenvalue weighted by Crippen LogP contribution is -2.44. The van der Waals surface area contributed by atoms with Crippen molar-refractivity contribution in [2.45, 2.75) is 19.4 Å². The number of esters is 1. The van der Waals surface area contributed by atoms with E-state index in [4.69, 9.17) is 9.47 Å². The molecule has 0 spiro atoms. The summed E-state index contributed by atoms with van der Waals surface area (Å²) in [6.45, 7) is 2.18. The number of hydrogen-bond donors (Lipinski definition) is 1. The lowest BCUT2D eigenvalue weighted by molar-refractivity contribution is -0.145. The molecule has 5 nitrogen and oxygen atoms in total. The van der Waals surface area contributed by atoms with Gasteiger partial charge >= 0.3 is 5.97 Å². The molecule has 110 valence electrons. The van der Waals surface area contributed by atoms with Crippen molar-refractivity contribution in [2.24, 2.45) is 0 Å². The Bertz CT molecular complexity index is 447. The van der Waals surface area contributed by atoms with Gasteiger partial charge in [0.25, 0.3) is 0 Å². The number of carbonyl (C=O) groups is 2. The van der Waals surface area contributed by atoms with Crippen molar-refractivity contribution in [2.75, 3.05) is 20.3 Å². The van der Waals surface area contributed by atoms with Crippen molar-refractivity contribution in [1.82, 2.24) is 5.32 Å². The van der Waals surface area contributed by atoms with Gasteiger partial charge in [-0.05, 0) is 24.6 Å². The Morgan fingerprint density at radius 1 is 1.30 bits per heavy atom. The van der Waals surface area contributed by atoms with Crippen LogP contribution in [0, 0.1) is 0 Å². The molecule has 1 amide bonds. The minimum atomic E-state index is -0.714. The fourth-order valence-corrected chi connectivity index (χ4v) is 1.89. The van der Waals surface area contributed by atoms with Crippen LogP contribution in [-0.4, -0.2) is 38.2 Å². The van der Waals surface area contributed by atoms with Gasteiger partial charge < -0.3 is 14.8 Å². The van der Waals surface area contributed by atoms with Gasteiger partial charge in [0.2, 0.25) is 5.91 Å². The van der Waals surface area contributed by atoms with Crippen molar-refractivity contribution in [1.29, 1.82) is 0 Å². The Labute approximate surface area is 126 Å². The van der Waals surface area contributed by atoms with E-state index in [2.05, 4.69) is 21.2 Å². The predicted molar refractivity (Wildman–Crippen MR) is 78.3 cm³/mol. The van der Waals surface area contributed by atoms with E-state index in [0.717, 1.165) is 10.0 Å². The number of rotatable bonds is 7. The number of carbonyl (C=O) groups excluding carboxylic acids is 2. The molecule has 20 heavy (non-hydrogen) atoms. The summed E-state index contributed by atoms with van der Waals surface area (Å²) in [6, 6.07) is 6.81. The highest BCUT2D eigenvalue weighted by atomic mass is 79.9. The van der Waals surface area contributed by atoms with Crippen LogP contribution < -0.4 is 5.32 Å². The Kier molecular flexibility index (Phi) is 7.25. The molecule has 0 aliphatic heterocycles. The van der Waals surface area contributed by atoms with Crippen molar-refractivity contribution < 1.29 is 19.1 Å². The van der Waals surface area contributed by atoms with Crippen LogP contribution in [0.25, 0.3) is 0 Å². The monoisotopic (exact) mass is 343 g/mol. The molecule has 0 radical (unpaired) electrons. The first-order chi connectivity index (χ1) is 9.56. The highest BCUT2D eigenvalue weighted by Gasteiger charge is 2.21. The third kappa shape index (κ3) is 5.71. The summed E-state index contributed by atoms with van der Waals surface area (Å²) in [6.07, 6.45) is 0.373. The first kappa shape index (κ1) is 16.7. The predicted octanol–water partition coefficient (Wildman–Crippen LogP) is 1.69. The van der Waals surface area contributed by atoms with Gasteiger partial charge in [-0.3, -0.25) is 4.79 Å². The highest BCUT2D eigenvalue weighted by molar-refractivity contribution is 9.10. The second kappa shape index (κ2) is 8.71. The summed E-state index contributed by atoms with van der Waals surface area (Å²) in [5.41, 5.74) is 0.931. The highest BCUT2D eigenvalue weighted by Crippen LogP contribution is 2.12. The van der Waals surface area contributed by atoms with E-state index < -0.39 is 12.0 Å². The molecule has 0 fully saturated rings. The van der Waals surface area contributed by atoms with Crippen LogP contribution in [0.2, 0.25) is 0 Å². The van der Waals surface area contributed by atoms with Gasteiger partial charge in [0.05, 0.1) is 7.11 Å². The molecule has 0 unspecified atom stereocenters. The molecular weight excluding hydrogens is 326 g/mol. The first-order valence-corrected chi connectivity index (χ1v) is 7.05. The molecule has 1 aromatic rings. The van der Waals surface area contributed by atoms with Gasteiger partial charge in [-0.25, -0.2) is 4.79 Å². The minimum Gasteiger partial charge on any atom is -0.467 e. The summed E-state index contributed by atoms with van der Waals surface area (Å²) < 4.78 is 10.7. The number of amides is 1. The van der Waals surface area contributed by atoms with Crippen LogP contribution >= 0.6 is 15.9 Å². The zero-order valence-electron chi connectivity index (χ0n) is 11.5. The molecule has 0 saturated carbocycles. The van der Waals surface area contributed by atoms with Gasteiger partial charge in [0, 0.05) is 17.5 Å². The molecular formula is C14H18BrNO4. The average Bonchev–Trinajstić information content (AvgIpc) is 2.45. The molecule has 0 aliphatic rings. The molecule has 0 saturated heterocycles. The maximum Gasteiger partial charge on any atom is 0.328 e. The standard InChI is InChI=1S/C14H18BrNO4/c1-3-20-9-13(17)16-12(14(18)19-2)8-10-4-6-11(15)7-5-10/h4-7,12H,3,8-9H2,1-2H3,(H,16,17)/t12-/m1/s1. The van der Waals surface area contributed by atoms with E-state index in [0.29, 0.717) is 13.0 Å². The van der Waals surface area contributed by atoms with Gasteiger partial charge in [-0.15, -0.1) is 0 Å². The molecule has 1 N–H and O–H groups in total. The minimum absolute atomic E-state index is 0.0651. The summed E-state index contributed by atoms with van der Waals surface area (Å²) >= 11 is 3.35. The third-order valence-corrected chi connectivity index (χ3v) is 3.14. The Hall–Kier alpha value is -1.40. The van der Waals surface area contributed by atoms with Crippen LogP contribution in [0.3, 0.4) is 0 Å². The lowest BCUT2D eigenvalue weighted by Gasteiger charge is -2.16. The second-order valence-corrected chi connectivity index (χ2v) is 5.03. The molecule has 0 heterocycles. The zero-order chi connectivity index (χ0) is 15.0. The first-order valence-electron chi connectivity index (χ1n) is 6.26. The average molecular weight is 344 g/mol. The smallest absolute Gasteiger partial charge is 0.328 e. The quantitative estimate of drug-likeness (QED) is 0.765. The summed E-state index contributed by atoms with van der Waals surface area (Å²) in [5, 5.41) is 2.62. The van der Waals surface area contributed by atoms with Crippen LogP contribution in [0.1, 0.15) is 12.5 Å². The summed E-state index contributed by atoms with van der Waals surface area (Å²) in [4.78, 5) is 23.3. The fraction of sp³-hybridized carbons (Fsp3) is 0.429. The van der Waals surface area contributed by atoms with Crippen LogP contribution in [0.15, 0.2) is 28.7 Å². The van der Waals surface area contributed by atoms with E-state index in [1.165, 1.54) is 7.11 Å². The van der Waals surface area contributed by atoms with Gasteiger partial charge in [0.1, 0.15) is 12.6 Å². The SMILES string of the molecule is CCOCC(=O)N[C@H](Cc1ccc(Br)cc1)C(=O)OC. The molecule has 1 atom stereocenters. The van der Waals surface area contributed by atoms with Gasteiger partial charge in [-0.2, -0.15) is 0 Å². The summed E-state index contributed by atoms with van der Waals surface area (Å²) in [5.74, 6) is -0.808. The van der Waals surface area contributed by atoms with Gasteiger partial charge in [0.15, 0.2) is 0 Å². The molecule has 6 heteroatoms. The fourth-order valence-electron chi connectivity index (χ4n) is 1.62. The molecule has 0 aromatic heterocycles. The number of benzene rings is 1. The van der Waals surface area contributed by atoms with Crippen molar-refractivity contribution in [3.63, 3.8) is 0 Å². The second-order valence-electron chi connectivity index (χ2n) is 4.11. The van der Waals surface area contributed by atoms with Crippen LogP contribution in [-0.2, 0) is 25.5 Å². The number of halogens is 1. The maximum absolute atomic E-state index is 11.7. The number of ether oxygens (including phenoxy) is 2. The van der Waals surface area contributed by atoms with E-state index in [1.807, 2.05) is 24.3 Å². The zero-order valence-corrected chi connectivity index (χ0v) is 13.1. The van der Waals surface area contributed by atoms with Crippen LogP contribution in [0.4, 0.5) is 0 Å². The van der Waals surface area contributed by atoms with Crippen molar-refractivity contribution in [3.8, 4) is 0 Å². The lowest BCUT2D eigenvalue weighted by atomic mass is 10.1. The van der Waals surface area contributed by atoms with Gasteiger partial charge in [-0.1, -0.05) is 28.1 Å². The third-order valence-electron chi connectivity index (χ3n) is 2.61. The summed E-state index contributed by atoms with van der Waals surface area (Å²) in [7, 11) is 1.30. The van der Waals surface area contributed by atoms with E-state index >= 15 is 0 Å². The number of methoxy groups -OCH3 is 1. The van der Waals surface area contributed by atoms with Crippen molar-refractivity contribution >= 4 is 27.8 Å². The Morgan fingerprint density at radius 3 is 2.50 bits per heavy atom. The van der Waals surface area contributed by atoms with E-state index in [-0.39, 0.29) is 12.5 Å². The normalized spacial score (nSPS) is 11.8. The van der Waals surface area contributed by atoms with Crippen molar-refractivity contribution in [3.05, 3.63) is 34.3 Å². The molecule has 1 rings (SSSR count). The molecule has 1 aromatic carbocycles. The maximum atomic E-state index is 11.7. The van der Waals surface area contributed by atoms with E-state index in [9.17, 15) is 9.59 Å². The number of nitrogens with one attached hydrogen (secondary N) is 1.